The van der Waals surface area contributed by atoms with Crippen molar-refractivity contribution in [3.8, 4) is 0 Å². The Kier molecular flexibility index (Phi) is 7.62. The van der Waals surface area contributed by atoms with Gasteiger partial charge in [0.1, 0.15) is 6.54 Å². The van der Waals surface area contributed by atoms with E-state index in [0.29, 0.717) is 17.3 Å². The minimum atomic E-state index is -0.213. The summed E-state index contributed by atoms with van der Waals surface area (Å²) in [4.78, 5) is 40.2. The van der Waals surface area contributed by atoms with E-state index in [2.05, 4.69) is 10.6 Å². The number of amides is 3. The van der Waals surface area contributed by atoms with E-state index in [1.807, 2.05) is 24.1 Å². The quantitative estimate of drug-likeness (QED) is 0.795. The summed E-state index contributed by atoms with van der Waals surface area (Å²) in [5.41, 5.74) is 1.33. The molecular weight excluding hydrogens is 368 g/mol. The third-order valence-corrected chi connectivity index (χ3v) is 5.08. The van der Waals surface area contributed by atoms with Crippen molar-refractivity contribution in [3.63, 3.8) is 0 Å². The highest BCUT2D eigenvalue weighted by Gasteiger charge is 2.28. The zero-order chi connectivity index (χ0) is 18.5. The average Bonchev–Trinajstić information content (AvgIpc) is 2.66. The predicted octanol–water partition coefficient (Wildman–Crippen LogP) is 1.63. The monoisotopic (exact) mass is 394 g/mol. The molecule has 27 heavy (non-hydrogen) atoms. The maximum Gasteiger partial charge on any atom is 0.244 e. The Bertz CT molecular complexity index is 689. The molecule has 0 radical (unpaired) electrons. The number of nitrogens with zero attached hydrogens (tertiary/aromatic N) is 2. The number of carbonyl (C=O) groups excluding carboxylic acids is 3. The van der Waals surface area contributed by atoms with Gasteiger partial charge in [0.05, 0.1) is 11.4 Å². The van der Waals surface area contributed by atoms with Crippen molar-refractivity contribution in [2.45, 2.75) is 25.7 Å². The third kappa shape index (κ3) is 5.20. The SMILES string of the molecule is CNCC1CCN(C(=O)CCC(=O)N2CC(=O)Nc3ccccc32)CC1.Cl. The second-order valence-corrected chi connectivity index (χ2v) is 6.93. The molecule has 1 aromatic carbocycles. The van der Waals surface area contributed by atoms with Gasteiger partial charge < -0.3 is 20.4 Å². The summed E-state index contributed by atoms with van der Waals surface area (Å²) in [5.74, 6) is 0.241. The third-order valence-electron chi connectivity index (χ3n) is 5.08. The van der Waals surface area contributed by atoms with Gasteiger partial charge in [0.25, 0.3) is 0 Å². The first-order valence-electron chi connectivity index (χ1n) is 9.20. The zero-order valence-electron chi connectivity index (χ0n) is 15.6. The Morgan fingerprint density at radius 1 is 1.15 bits per heavy atom. The van der Waals surface area contributed by atoms with Crippen LogP contribution in [0.2, 0.25) is 0 Å². The maximum atomic E-state index is 12.6. The number of hydrogen-bond acceptors (Lipinski definition) is 4. The Balaban J connectivity index is 0.00000261. The minimum Gasteiger partial charge on any atom is -0.343 e. The fraction of sp³-hybridized carbons (Fsp3) is 0.526. The zero-order valence-corrected chi connectivity index (χ0v) is 16.4. The fourth-order valence-electron chi connectivity index (χ4n) is 3.64. The van der Waals surface area contributed by atoms with Gasteiger partial charge in [0.2, 0.25) is 17.7 Å². The van der Waals surface area contributed by atoms with Crippen LogP contribution in [0, 0.1) is 5.92 Å². The fourth-order valence-corrected chi connectivity index (χ4v) is 3.64. The van der Waals surface area contributed by atoms with Crippen LogP contribution in [0.15, 0.2) is 24.3 Å². The van der Waals surface area contributed by atoms with Gasteiger partial charge in [-0.25, -0.2) is 0 Å². The lowest BCUT2D eigenvalue weighted by Crippen LogP contribution is -2.43. The molecule has 8 heteroatoms. The average molecular weight is 395 g/mol. The molecule has 0 bridgehead atoms. The molecule has 7 nitrogen and oxygen atoms in total. The number of rotatable bonds is 5. The molecular formula is C19H27ClN4O3. The predicted molar refractivity (Wildman–Crippen MR) is 107 cm³/mol. The van der Waals surface area contributed by atoms with Gasteiger partial charge in [-0.15, -0.1) is 12.4 Å². The van der Waals surface area contributed by atoms with Gasteiger partial charge in [0, 0.05) is 25.9 Å². The highest BCUT2D eigenvalue weighted by molar-refractivity contribution is 6.10. The number of likely N-dealkylation sites (tertiary alicyclic amines) is 1. The highest BCUT2D eigenvalue weighted by atomic mass is 35.5. The van der Waals surface area contributed by atoms with Crippen LogP contribution in [-0.4, -0.2) is 55.8 Å². The summed E-state index contributed by atoms with van der Waals surface area (Å²) in [7, 11) is 1.95. The standard InChI is InChI=1S/C19H26N4O3.ClH/c1-20-12-14-8-10-22(11-9-14)18(25)6-7-19(26)23-13-17(24)21-15-4-2-3-5-16(15)23;/h2-5,14,20H,6-13H2,1H3,(H,21,24);1H. The molecule has 2 N–H and O–H groups in total. The Labute approximate surface area is 165 Å². The van der Waals surface area contributed by atoms with Crippen molar-refractivity contribution < 1.29 is 14.4 Å². The second kappa shape index (κ2) is 9.71. The van der Waals surface area contributed by atoms with Crippen LogP contribution in [0.4, 0.5) is 11.4 Å². The molecule has 1 aromatic rings. The minimum absolute atomic E-state index is 0. The van der Waals surface area contributed by atoms with Crippen molar-refractivity contribution in [1.82, 2.24) is 10.2 Å². The molecule has 0 saturated carbocycles. The molecule has 2 heterocycles. The van der Waals surface area contributed by atoms with Crippen molar-refractivity contribution in [2.75, 3.05) is 43.4 Å². The Morgan fingerprint density at radius 2 is 1.81 bits per heavy atom. The molecule has 1 saturated heterocycles. The Hall–Kier alpha value is -2.12. The smallest absolute Gasteiger partial charge is 0.244 e. The first-order valence-corrected chi connectivity index (χ1v) is 9.20. The lowest BCUT2D eigenvalue weighted by atomic mass is 9.96. The number of piperidine rings is 1. The van der Waals surface area contributed by atoms with Crippen LogP contribution in [0.25, 0.3) is 0 Å². The summed E-state index contributed by atoms with van der Waals surface area (Å²) in [6, 6.07) is 7.22. The van der Waals surface area contributed by atoms with E-state index < -0.39 is 0 Å². The number of fused-ring (bicyclic) bond motifs is 1. The van der Waals surface area contributed by atoms with Crippen molar-refractivity contribution in [1.29, 1.82) is 0 Å². The molecule has 0 aromatic heterocycles. The van der Waals surface area contributed by atoms with Gasteiger partial charge in [-0.05, 0) is 44.5 Å². The molecule has 0 atom stereocenters. The number of carbonyl (C=O) groups is 3. The van der Waals surface area contributed by atoms with Crippen LogP contribution < -0.4 is 15.5 Å². The van der Waals surface area contributed by atoms with E-state index in [0.717, 1.165) is 32.5 Å². The molecule has 3 amide bonds. The molecule has 0 spiro atoms. The second-order valence-electron chi connectivity index (χ2n) is 6.93. The van der Waals surface area contributed by atoms with Crippen LogP contribution in [0.3, 0.4) is 0 Å². The number of para-hydroxylation sites is 2. The summed E-state index contributed by atoms with van der Waals surface area (Å²) < 4.78 is 0. The number of nitrogens with one attached hydrogen (secondary N) is 2. The van der Waals surface area contributed by atoms with E-state index in [9.17, 15) is 14.4 Å². The van der Waals surface area contributed by atoms with Crippen molar-refractivity contribution >= 4 is 41.5 Å². The van der Waals surface area contributed by atoms with Crippen LogP contribution in [0.1, 0.15) is 25.7 Å². The molecule has 1 fully saturated rings. The first-order chi connectivity index (χ1) is 12.6. The molecule has 0 aliphatic carbocycles. The van der Waals surface area contributed by atoms with E-state index >= 15 is 0 Å². The molecule has 2 aliphatic rings. The summed E-state index contributed by atoms with van der Waals surface area (Å²) in [5, 5.41) is 5.95. The van der Waals surface area contributed by atoms with Gasteiger partial charge >= 0.3 is 0 Å². The molecule has 148 valence electrons. The van der Waals surface area contributed by atoms with Crippen LogP contribution >= 0.6 is 12.4 Å². The maximum absolute atomic E-state index is 12.6. The van der Waals surface area contributed by atoms with Gasteiger partial charge in [0.15, 0.2) is 0 Å². The summed E-state index contributed by atoms with van der Waals surface area (Å²) >= 11 is 0. The van der Waals surface area contributed by atoms with Crippen molar-refractivity contribution in [3.05, 3.63) is 24.3 Å². The largest absolute Gasteiger partial charge is 0.343 e. The molecule has 3 rings (SSSR count). The summed E-state index contributed by atoms with van der Waals surface area (Å²) in [6.07, 6.45) is 2.31. The van der Waals surface area contributed by atoms with E-state index in [1.54, 1.807) is 12.1 Å². The first kappa shape index (κ1) is 21.2. The van der Waals surface area contributed by atoms with Crippen molar-refractivity contribution in [2.24, 2.45) is 5.92 Å². The van der Waals surface area contributed by atoms with Gasteiger partial charge in [-0.1, -0.05) is 12.1 Å². The van der Waals surface area contributed by atoms with Crippen LogP contribution in [-0.2, 0) is 14.4 Å². The number of anilines is 2. The lowest BCUT2D eigenvalue weighted by molar-refractivity contribution is -0.134. The normalized spacial score (nSPS) is 17.0. The number of benzene rings is 1. The highest BCUT2D eigenvalue weighted by Crippen LogP contribution is 2.29. The van der Waals surface area contributed by atoms with E-state index in [1.165, 1.54) is 4.90 Å². The summed E-state index contributed by atoms with van der Waals surface area (Å²) in [6.45, 7) is 2.50. The number of halogens is 1. The lowest BCUT2D eigenvalue weighted by Gasteiger charge is -2.32. The Morgan fingerprint density at radius 3 is 2.52 bits per heavy atom. The van der Waals surface area contributed by atoms with E-state index in [-0.39, 0.29) is 49.5 Å². The topological polar surface area (TPSA) is 81.8 Å². The molecule has 2 aliphatic heterocycles. The number of hydrogen-bond donors (Lipinski definition) is 2. The van der Waals surface area contributed by atoms with Gasteiger partial charge in [-0.2, -0.15) is 0 Å². The molecule has 0 unspecified atom stereocenters. The van der Waals surface area contributed by atoms with Crippen LogP contribution in [0.5, 0.6) is 0 Å². The van der Waals surface area contributed by atoms with E-state index in [4.69, 9.17) is 0 Å². The van der Waals surface area contributed by atoms with Gasteiger partial charge in [-0.3, -0.25) is 14.4 Å².